The Balaban J connectivity index is 1.59. The van der Waals surface area contributed by atoms with Crippen molar-refractivity contribution in [2.24, 2.45) is 0 Å². The molecule has 2 aromatic carbocycles. The Hall–Kier alpha value is -3.08. The normalized spacial score (nSPS) is 11.1. The van der Waals surface area contributed by atoms with Crippen LogP contribution >= 0.6 is 0 Å². The van der Waals surface area contributed by atoms with Gasteiger partial charge in [-0.15, -0.1) is 0 Å². The number of hydrogen-bond donors (Lipinski definition) is 1. The second kappa shape index (κ2) is 6.43. The summed E-state index contributed by atoms with van der Waals surface area (Å²) in [5.41, 5.74) is 4.16. The summed E-state index contributed by atoms with van der Waals surface area (Å²) in [6, 6.07) is 18.4. The van der Waals surface area contributed by atoms with E-state index in [0.29, 0.717) is 0 Å². The van der Waals surface area contributed by atoms with Crippen molar-refractivity contribution in [1.82, 2.24) is 14.6 Å². The Bertz CT molecular complexity index is 1020. The molecule has 0 spiro atoms. The van der Waals surface area contributed by atoms with Gasteiger partial charge in [0.25, 0.3) is 0 Å². The Morgan fingerprint density at radius 3 is 2.68 bits per heavy atom. The molecule has 0 aliphatic heterocycles. The molecule has 2 aromatic heterocycles. The van der Waals surface area contributed by atoms with Gasteiger partial charge in [-0.25, -0.2) is 9.50 Å². The number of para-hydroxylation sites is 1. The van der Waals surface area contributed by atoms with Crippen molar-refractivity contribution >= 4 is 22.4 Å². The minimum absolute atomic E-state index is 0.812. The van der Waals surface area contributed by atoms with Gasteiger partial charge >= 0.3 is 0 Å². The molecule has 1 N–H and O–H groups in total. The molecule has 0 saturated heterocycles. The first-order valence-electron chi connectivity index (χ1n) is 8.36. The van der Waals surface area contributed by atoms with Gasteiger partial charge in [-0.3, -0.25) is 0 Å². The molecule has 25 heavy (non-hydrogen) atoms. The zero-order valence-corrected chi connectivity index (χ0v) is 14.4. The highest BCUT2D eigenvalue weighted by atomic mass is 16.5. The molecule has 0 aliphatic rings. The molecule has 0 amide bonds. The number of nitrogens with zero attached hydrogens (tertiary/aromatic N) is 3. The summed E-state index contributed by atoms with van der Waals surface area (Å²) in [7, 11) is 1.68. The van der Waals surface area contributed by atoms with Crippen LogP contribution in [-0.4, -0.2) is 28.3 Å². The Labute approximate surface area is 146 Å². The van der Waals surface area contributed by atoms with E-state index in [4.69, 9.17) is 9.72 Å². The Morgan fingerprint density at radius 1 is 1.08 bits per heavy atom. The number of anilines is 1. The largest absolute Gasteiger partial charge is 0.497 e. The number of aromatic nitrogens is 3. The summed E-state index contributed by atoms with van der Waals surface area (Å²) in [5.74, 6) is 1.78. The number of aryl methyl sites for hydroxylation is 1. The van der Waals surface area contributed by atoms with E-state index in [9.17, 15) is 0 Å². The predicted molar refractivity (Wildman–Crippen MR) is 100 cm³/mol. The molecular weight excluding hydrogens is 312 g/mol. The van der Waals surface area contributed by atoms with Gasteiger partial charge in [0.05, 0.1) is 18.3 Å². The van der Waals surface area contributed by atoms with E-state index < -0.39 is 0 Å². The second-order valence-electron chi connectivity index (χ2n) is 6.06. The monoisotopic (exact) mass is 332 g/mol. The molecule has 0 atom stereocenters. The number of rotatable bonds is 5. The summed E-state index contributed by atoms with van der Waals surface area (Å²) in [4.78, 5) is 4.75. The number of fused-ring (bicyclic) bond motifs is 3. The Morgan fingerprint density at radius 2 is 1.88 bits per heavy atom. The van der Waals surface area contributed by atoms with Gasteiger partial charge in [0.1, 0.15) is 11.6 Å². The lowest BCUT2D eigenvalue weighted by Crippen LogP contribution is -2.08. The molecule has 126 valence electrons. The average molecular weight is 332 g/mol. The fraction of sp³-hybridized carbons (Fsp3) is 0.200. The molecule has 0 radical (unpaired) electrons. The lowest BCUT2D eigenvalue weighted by Gasteiger charge is -2.10. The van der Waals surface area contributed by atoms with Gasteiger partial charge < -0.3 is 10.1 Å². The average Bonchev–Trinajstić information content (AvgIpc) is 3.03. The second-order valence-corrected chi connectivity index (χ2v) is 6.06. The van der Waals surface area contributed by atoms with E-state index in [2.05, 4.69) is 34.7 Å². The molecule has 0 unspecified atom stereocenters. The summed E-state index contributed by atoms with van der Waals surface area (Å²) in [5, 5.41) is 9.10. The van der Waals surface area contributed by atoms with Gasteiger partial charge in [-0.05, 0) is 43.2 Å². The third-order valence-corrected chi connectivity index (χ3v) is 4.29. The molecule has 2 heterocycles. The van der Waals surface area contributed by atoms with Crippen LogP contribution in [-0.2, 0) is 6.42 Å². The van der Waals surface area contributed by atoms with Crippen molar-refractivity contribution in [2.75, 3.05) is 19.0 Å². The highest BCUT2D eigenvalue weighted by molar-refractivity contribution is 5.91. The number of ether oxygens (including phenoxy) is 1. The molecule has 5 nitrogen and oxygen atoms in total. The first kappa shape index (κ1) is 15.4. The number of nitrogens with one attached hydrogen (secondary N) is 1. The number of hydrogen-bond acceptors (Lipinski definition) is 4. The van der Waals surface area contributed by atoms with Crippen LogP contribution in [0.4, 0.5) is 5.82 Å². The molecule has 4 rings (SSSR count). The van der Waals surface area contributed by atoms with Crippen molar-refractivity contribution in [1.29, 1.82) is 0 Å². The maximum atomic E-state index is 5.20. The van der Waals surface area contributed by atoms with Crippen molar-refractivity contribution in [2.45, 2.75) is 13.3 Å². The zero-order chi connectivity index (χ0) is 17.2. The van der Waals surface area contributed by atoms with Crippen molar-refractivity contribution in [3.05, 3.63) is 65.9 Å². The third kappa shape index (κ3) is 3.01. The fourth-order valence-corrected chi connectivity index (χ4v) is 3.03. The molecule has 0 saturated carbocycles. The Kier molecular flexibility index (Phi) is 3.98. The van der Waals surface area contributed by atoms with Crippen LogP contribution in [0.1, 0.15) is 11.3 Å². The first-order valence-corrected chi connectivity index (χ1v) is 8.36. The molecule has 4 aromatic rings. The zero-order valence-electron chi connectivity index (χ0n) is 14.4. The van der Waals surface area contributed by atoms with E-state index in [1.165, 1.54) is 5.56 Å². The van der Waals surface area contributed by atoms with Crippen molar-refractivity contribution < 1.29 is 4.74 Å². The summed E-state index contributed by atoms with van der Waals surface area (Å²) >= 11 is 0. The van der Waals surface area contributed by atoms with E-state index >= 15 is 0 Å². The van der Waals surface area contributed by atoms with Crippen LogP contribution in [0.3, 0.4) is 0 Å². The SMILES string of the molecule is COc1ccc(CCNc2nc3cc(C)nn3c3ccccc23)cc1. The van der Waals surface area contributed by atoms with Gasteiger partial charge in [0, 0.05) is 18.0 Å². The lowest BCUT2D eigenvalue weighted by atomic mass is 10.1. The van der Waals surface area contributed by atoms with Gasteiger partial charge in [0.2, 0.25) is 0 Å². The van der Waals surface area contributed by atoms with E-state index in [1.54, 1.807) is 7.11 Å². The molecular formula is C20H20N4O. The highest BCUT2D eigenvalue weighted by Gasteiger charge is 2.09. The molecule has 5 heteroatoms. The minimum atomic E-state index is 0.812. The van der Waals surface area contributed by atoms with E-state index in [-0.39, 0.29) is 0 Å². The predicted octanol–water partition coefficient (Wildman–Crippen LogP) is 3.85. The maximum Gasteiger partial charge on any atom is 0.158 e. The summed E-state index contributed by atoms with van der Waals surface area (Å²) in [6.45, 7) is 2.80. The van der Waals surface area contributed by atoms with Crippen LogP contribution in [0, 0.1) is 6.92 Å². The third-order valence-electron chi connectivity index (χ3n) is 4.29. The van der Waals surface area contributed by atoms with Gasteiger partial charge in [-0.2, -0.15) is 5.10 Å². The van der Waals surface area contributed by atoms with Crippen molar-refractivity contribution in [3.8, 4) is 5.75 Å². The smallest absolute Gasteiger partial charge is 0.158 e. The van der Waals surface area contributed by atoms with E-state index in [0.717, 1.165) is 46.8 Å². The lowest BCUT2D eigenvalue weighted by molar-refractivity contribution is 0.414. The number of methoxy groups -OCH3 is 1. The van der Waals surface area contributed by atoms with Crippen LogP contribution in [0.5, 0.6) is 5.75 Å². The molecule has 0 fully saturated rings. The van der Waals surface area contributed by atoms with Gasteiger partial charge in [-0.1, -0.05) is 24.3 Å². The highest BCUT2D eigenvalue weighted by Crippen LogP contribution is 2.23. The van der Waals surface area contributed by atoms with Crippen LogP contribution in [0.25, 0.3) is 16.6 Å². The maximum absolute atomic E-state index is 5.20. The molecule has 0 aliphatic carbocycles. The number of benzene rings is 2. The first-order chi connectivity index (χ1) is 12.2. The standard InChI is InChI=1S/C20H20N4O/c1-14-13-19-22-20(17-5-3-4-6-18(17)24(19)23-14)21-12-11-15-7-9-16(25-2)10-8-15/h3-10,13H,11-12H2,1-2H3,(H,21,22). The van der Waals surface area contributed by atoms with Crippen LogP contribution in [0.15, 0.2) is 54.6 Å². The van der Waals surface area contributed by atoms with Crippen molar-refractivity contribution in [3.63, 3.8) is 0 Å². The van der Waals surface area contributed by atoms with Crippen LogP contribution in [0.2, 0.25) is 0 Å². The molecule has 0 bridgehead atoms. The summed E-state index contributed by atoms with van der Waals surface area (Å²) in [6.07, 6.45) is 0.920. The quantitative estimate of drug-likeness (QED) is 0.603. The van der Waals surface area contributed by atoms with E-state index in [1.807, 2.05) is 41.8 Å². The summed E-state index contributed by atoms with van der Waals surface area (Å²) < 4.78 is 7.10. The fourth-order valence-electron chi connectivity index (χ4n) is 3.03. The van der Waals surface area contributed by atoms with Crippen LogP contribution < -0.4 is 10.1 Å². The van der Waals surface area contributed by atoms with Gasteiger partial charge in [0.15, 0.2) is 5.65 Å². The minimum Gasteiger partial charge on any atom is -0.497 e. The topological polar surface area (TPSA) is 51.5 Å².